The Kier molecular flexibility index (Phi) is 6.68. The van der Waals surface area contributed by atoms with Crippen molar-refractivity contribution in [2.24, 2.45) is 0 Å². The lowest BCUT2D eigenvalue weighted by Crippen LogP contribution is -2.29. The van der Waals surface area contributed by atoms with Gasteiger partial charge in [-0.2, -0.15) is 0 Å². The number of likely N-dealkylation sites (N-methyl/N-ethyl adjacent to an activating group) is 1. The Balaban J connectivity index is 3.11. The van der Waals surface area contributed by atoms with E-state index in [0.717, 1.165) is 11.1 Å². The number of benzene rings is 1. The topological polar surface area (TPSA) is 55.8 Å². The van der Waals surface area contributed by atoms with Gasteiger partial charge in [-0.15, -0.1) is 0 Å². The molecular formula is C16H22ClNO4. The van der Waals surface area contributed by atoms with Gasteiger partial charge in [0.25, 0.3) is 0 Å². The predicted octanol–water partition coefficient (Wildman–Crippen LogP) is 2.92. The molecule has 0 radical (unpaired) electrons. The zero-order chi connectivity index (χ0) is 16.9. The molecule has 0 spiro atoms. The van der Waals surface area contributed by atoms with Crippen LogP contribution in [0.1, 0.15) is 25.0 Å². The number of aryl methyl sites for hydroxylation is 1. The number of carbonyl (C=O) groups is 2. The lowest BCUT2D eigenvalue weighted by atomic mass is 10.1. The second-order valence-corrected chi connectivity index (χ2v) is 5.73. The molecule has 0 unspecified atom stereocenters. The summed E-state index contributed by atoms with van der Waals surface area (Å²) in [7, 11) is 1.75. The first kappa shape index (κ1) is 18.3. The molecule has 0 aliphatic carbocycles. The van der Waals surface area contributed by atoms with Gasteiger partial charge < -0.3 is 14.4 Å². The van der Waals surface area contributed by atoms with Crippen molar-refractivity contribution in [3.05, 3.63) is 22.2 Å². The molecule has 0 N–H and O–H groups in total. The Labute approximate surface area is 136 Å². The molecule has 122 valence electrons. The summed E-state index contributed by atoms with van der Waals surface area (Å²) >= 11 is 6.29. The highest BCUT2D eigenvalue weighted by atomic mass is 35.5. The van der Waals surface area contributed by atoms with Crippen molar-refractivity contribution in [2.45, 2.75) is 33.8 Å². The number of hydrogen-bond donors (Lipinski definition) is 0. The van der Waals surface area contributed by atoms with Crippen molar-refractivity contribution in [1.29, 1.82) is 0 Å². The van der Waals surface area contributed by atoms with Gasteiger partial charge in [0.15, 0.2) is 6.29 Å². The van der Waals surface area contributed by atoms with Gasteiger partial charge in [-0.3, -0.25) is 9.59 Å². The second kappa shape index (κ2) is 8.03. The molecule has 5 nitrogen and oxygen atoms in total. The number of aldehydes is 1. The maximum atomic E-state index is 11.8. The molecule has 6 heteroatoms. The standard InChI is InChI=1S/C16H22ClNO4/c1-10(2)22-14(20)9-18(5)16-12(4)15(17)11(3)8-13(16)21-7-6-19/h6,8,10H,7,9H2,1-5H3. The molecule has 0 aromatic heterocycles. The maximum Gasteiger partial charge on any atom is 0.325 e. The van der Waals surface area contributed by atoms with Gasteiger partial charge >= 0.3 is 5.97 Å². The van der Waals surface area contributed by atoms with Crippen molar-refractivity contribution in [2.75, 3.05) is 25.1 Å². The smallest absolute Gasteiger partial charge is 0.325 e. The van der Waals surface area contributed by atoms with Gasteiger partial charge in [0.1, 0.15) is 18.9 Å². The van der Waals surface area contributed by atoms with Crippen LogP contribution in [0.4, 0.5) is 5.69 Å². The van der Waals surface area contributed by atoms with E-state index in [-0.39, 0.29) is 25.2 Å². The van der Waals surface area contributed by atoms with Crippen molar-refractivity contribution in [1.82, 2.24) is 0 Å². The summed E-state index contributed by atoms with van der Waals surface area (Å²) in [6.07, 6.45) is 0.505. The first-order chi connectivity index (χ1) is 10.3. The van der Waals surface area contributed by atoms with E-state index in [9.17, 15) is 9.59 Å². The molecule has 0 saturated carbocycles. The molecule has 22 heavy (non-hydrogen) atoms. The highest BCUT2D eigenvalue weighted by Gasteiger charge is 2.19. The highest BCUT2D eigenvalue weighted by molar-refractivity contribution is 6.32. The Morgan fingerprint density at radius 2 is 2.05 bits per heavy atom. The number of halogens is 1. The molecule has 1 aromatic carbocycles. The highest BCUT2D eigenvalue weighted by Crippen LogP contribution is 2.38. The minimum absolute atomic E-state index is 0.0577. The van der Waals surface area contributed by atoms with Crippen LogP contribution in [0, 0.1) is 13.8 Å². The first-order valence-electron chi connectivity index (χ1n) is 7.04. The van der Waals surface area contributed by atoms with Gasteiger partial charge in [0.2, 0.25) is 0 Å². The van der Waals surface area contributed by atoms with E-state index in [1.807, 2.05) is 13.8 Å². The van der Waals surface area contributed by atoms with Crippen LogP contribution in [0.5, 0.6) is 5.75 Å². The molecule has 1 rings (SSSR count). The van der Waals surface area contributed by atoms with E-state index < -0.39 is 0 Å². The van der Waals surface area contributed by atoms with E-state index in [1.54, 1.807) is 31.9 Å². The Morgan fingerprint density at radius 1 is 1.41 bits per heavy atom. The lowest BCUT2D eigenvalue weighted by molar-refractivity contribution is -0.145. The molecule has 0 aliphatic heterocycles. The van der Waals surface area contributed by atoms with Gasteiger partial charge in [0.05, 0.1) is 11.8 Å². The zero-order valence-corrected chi connectivity index (χ0v) is 14.4. The number of ether oxygens (including phenoxy) is 2. The van der Waals surface area contributed by atoms with Gasteiger partial charge in [-0.1, -0.05) is 11.6 Å². The van der Waals surface area contributed by atoms with Crippen molar-refractivity contribution in [3.8, 4) is 5.75 Å². The molecule has 0 amide bonds. The van der Waals surface area contributed by atoms with Crippen LogP contribution in [0.2, 0.25) is 5.02 Å². The van der Waals surface area contributed by atoms with Crippen LogP contribution < -0.4 is 9.64 Å². The first-order valence-corrected chi connectivity index (χ1v) is 7.42. The summed E-state index contributed by atoms with van der Waals surface area (Å²) in [6.45, 7) is 7.31. The zero-order valence-electron chi connectivity index (χ0n) is 13.6. The Bertz CT molecular complexity index is 558. The fourth-order valence-corrected chi connectivity index (χ4v) is 2.34. The van der Waals surface area contributed by atoms with Gasteiger partial charge in [0, 0.05) is 12.1 Å². The Hall–Kier alpha value is -1.75. The SMILES string of the molecule is Cc1cc(OCC=O)c(N(C)CC(=O)OC(C)C)c(C)c1Cl. The number of anilines is 1. The summed E-state index contributed by atoms with van der Waals surface area (Å²) in [5, 5.41) is 0.609. The number of carbonyl (C=O) groups excluding carboxylic acids is 2. The number of rotatable bonds is 7. The average molecular weight is 328 g/mol. The van der Waals surface area contributed by atoms with Crippen molar-refractivity contribution in [3.63, 3.8) is 0 Å². The molecule has 0 fully saturated rings. The largest absolute Gasteiger partial charge is 0.484 e. The number of nitrogens with zero attached hydrogens (tertiary/aromatic N) is 1. The van der Waals surface area contributed by atoms with E-state index in [2.05, 4.69) is 0 Å². The summed E-state index contributed by atoms with van der Waals surface area (Å²) in [5.74, 6) is 0.182. The third kappa shape index (κ3) is 4.63. The van der Waals surface area contributed by atoms with Crippen LogP contribution in [-0.4, -0.2) is 38.6 Å². The maximum absolute atomic E-state index is 11.8. The van der Waals surface area contributed by atoms with Crippen LogP contribution >= 0.6 is 11.6 Å². The minimum atomic E-state index is -0.338. The predicted molar refractivity (Wildman–Crippen MR) is 87.0 cm³/mol. The fourth-order valence-electron chi connectivity index (χ4n) is 2.19. The van der Waals surface area contributed by atoms with Crippen LogP contribution in [-0.2, 0) is 14.3 Å². The van der Waals surface area contributed by atoms with Crippen molar-refractivity contribution < 1.29 is 19.1 Å². The molecule has 1 aromatic rings. The third-order valence-corrected chi connectivity index (χ3v) is 3.62. The third-order valence-electron chi connectivity index (χ3n) is 3.03. The minimum Gasteiger partial charge on any atom is -0.484 e. The van der Waals surface area contributed by atoms with Crippen LogP contribution in [0.3, 0.4) is 0 Å². The number of hydrogen-bond acceptors (Lipinski definition) is 5. The molecular weight excluding hydrogens is 306 g/mol. The molecule has 0 aliphatic rings. The molecule has 0 bridgehead atoms. The van der Waals surface area contributed by atoms with Crippen LogP contribution in [0.15, 0.2) is 6.07 Å². The second-order valence-electron chi connectivity index (χ2n) is 5.35. The van der Waals surface area contributed by atoms with E-state index >= 15 is 0 Å². The van der Waals surface area contributed by atoms with Gasteiger partial charge in [-0.25, -0.2) is 0 Å². The molecule has 0 atom stereocenters. The summed E-state index contributed by atoms with van der Waals surface area (Å²) < 4.78 is 10.6. The fraction of sp³-hybridized carbons (Fsp3) is 0.500. The summed E-state index contributed by atoms with van der Waals surface area (Å²) in [4.78, 5) is 24.1. The summed E-state index contributed by atoms with van der Waals surface area (Å²) in [6, 6.07) is 1.76. The van der Waals surface area contributed by atoms with Crippen molar-refractivity contribution >= 4 is 29.5 Å². The van der Waals surface area contributed by atoms with Crippen LogP contribution in [0.25, 0.3) is 0 Å². The van der Waals surface area contributed by atoms with E-state index in [1.165, 1.54) is 0 Å². The lowest BCUT2D eigenvalue weighted by Gasteiger charge is -2.25. The molecule has 0 heterocycles. The summed E-state index contributed by atoms with van der Waals surface area (Å²) in [5.41, 5.74) is 2.32. The van der Waals surface area contributed by atoms with E-state index in [0.29, 0.717) is 22.7 Å². The van der Waals surface area contributed by atoms with E-state index in [4.69, 9.17) is 21.1 Å². The average Bonchev–Trinajstić information content (AvgIpc) is 2.41. The monoisotopic (exact) mass is 327 g/mol. The Morgan fingerprint density at radius 3 is 2.59 bits per heavy atom. The molecule has 0 saturated heterocycles. The van der Waals surface area contributed by atoms with Gasteiger partial charge in [-0.05, 0) is 44.9 Å². The quantitative estimate of drug-likeness (QED) is 0.569. The number of esters is 1. The normalized spacial score (nSPS) is 10.5.